The Hall–Kier alpha value is -3.77. The fourth-order valence-electron chi connectivity index (χ4n) is 2.90. The van der Waals surface area contributed by atoms with Crippen molar-refractivity contribution in [3.8, 4) is 0 Å². The second-order valence-electron chi connectivity index (χ2n) is 6.87. The average Bonchev–Trinajstić information content (AvgIpc) is 2.79. The number of carbonyl (C=O) groups excluding carboxylic acids is 2. The molecule has 3 aromatic rings. The lowest BCUT2D eigenvalue weighted by molar-refractivity contribution is -0.115. The van der Waals surface area contributed by atoms with Crippen molar-refractivity contribution in [2.75, 3.05) is 5.32 Å². The number of nitrogens with one attached hydrogen (secondary N) is 3. The molecule has 31 heavy (non-hydrogen) atoms. The quantitative estimate of drug-likeness (QED) is 0.392. The lowest BCUT2D eigenvalue weighted by atomic mass is 10.1. The second-order valence-corrected chi connectivity index (χ2v) is 7.28. The van der Waals surface area contributed by atoms with E-state index in [9.17, 15) is 9.59 Å². The summed E-state index contributed by atoms with van der Waals surface area (Å²) in [5.74, 6) is -0.535. The van der Waals surface area contributed by atoms with E-state index in [0.29, 0.717) is 11.3 Å². The smallest absolute Gasteiger partial charge is 0.251 e. The summed E-state index contributed by atoms with van der Waals surface area (Å²) in [6.07, 6.45) is 3.12. The Morgan fingerprint density at radius 2 is 1.58 bits per heavy atom. The summed E-state index contributed by atoms with van der Waals surface area (Å²) in [6, 6.07) is 26.1. The van der Waals surface area contributed by atoms with Crippen molar-refractivity contribution in [1.82, 2.24) is 10.6 Å². The number of anilines is 1. The minimum Gasteiger partial charge on any atom is -0.346 e. The fraction of sp³-hybridized carbons (Fsp3) is 0.0800. The van der Waals surface area contributed by atoms with Crippen molar-refractivity contribution >= 4 is 40.9 Å². The van der Waals surface area contributed by atoms with Gasteiger partial charge in [-0.25, -0.2) is 0 Å². The number of hydrogen-bond acceptors (Lipinski definition) is 3. The van der Waals surface area contributed by atoms with Crippen LogP contribution >= 0.6 is 12.2 Å². The maximum atomic E-state index is 12.6. The molecular weight excluding hydrogens is 406 g/mol. The third-order valence-electron chi connectivity index (χ3n) is 4.49. The van der Waals surface area contributed by atoms with Crippen LogP contribution in [0.4, 0.5) is 5.69 Å². The predicted molar refractivity (Wildman–Crippen MR) is 129 cm³/mol. The van der Waals surface area contributed by atoms with Gasteiger partial charge in [-0.1, -0.05) is 66.7 Å². The van der Waals surface area contributed by atoms with Crippen molar-refractivity contribution in [3.05, 3.63) is 108 Å². The molecule has 3 N–H and O–H groups in total. The van der Waals surface area contributed by atoms with Gasteiger partial charge in [-0.05, 0) is 54.5 Å². The summed E-state index contributed by atoms with van der Waals surface area (Å²) in [5, 5.41) is 8.66. The van der Waals surface area contributed by atoms with Crippen LogP contribution in [-0.4, -0.2) is 16.9 Å². The first-order valence-corrected chi connectivity index (χ1v) is 10.2. The summed E-state index contributed by atoms with van der Waals surface area (Å²) in [6.45, 7) is 1.93. The highest BCUT2D eigenvalue weighted by Crippen LogP contribution is 2.15. The molecule has 156 valence electrons. The van der Waals surface area contributed by atoms with Gasteiger partial charge in [0.2, 0.25) is 5.91 Å². The Kier molecular flexibility index (Phi) is 7.67. The van der Waals surface area contributed by atoms with Crippen LogP contribution in [0.3, 0.4) is 0 Å². The topological polar surface area (TPSA) is 70.2 Å². The molecule has 0 spiro atoms. The van der Waals surface area contributed by atoms with E-state index in [2.05, 4.69) is 16.0 Å². The molecule has 3 rings (SSSR count). The van der Waals surface area contributed by atoms with Crippen LogP contribution in [0.25, 0.3) is 6.08 Å². The third kappa shape index (κ3) is 6.90. The zero-order valence-corrected chi connectivity index (χ0v) is 17.9. The SMILES string of the molecule is CC(NC(=O)c1cccc(NC(=S)NC(=O)/C=C\c2ccccc2)c1)c1ccccc1. The van der Waals surface area contributed by atoms with Gasteiger partial charge in [0.15, 0.2) is 5.11 Å². The molecule has 0 saturated heterocycles. The normalized spacial score (nSPS) is 11.5. The standard InChI is InChI=1S/C25H23N3O2S/c1-18(20-11-6-3-7-12-20)26-24(30)21-13-8-14-22(17-21)27-25(31)28-23(29)16-15-19-9-4-2-5-10-19/h2-18H,1H3,(H,26,30)(H2,27,28,29,31)/b16-15-. The van der Waals surface area contributed by atoms with Crippen molar-refractivity contribution in [1.29, 1.82) is 0 Å². The first kappa shape index (κ1) is 21.9. The molecule has 3 aromatic carbocycles. The van der Waals surface area contributed by atoms with E-state index in [0.717, 1.165) is 11.1 Å². The van der Waals surface area contributed by atoms with E-state index in [1.54, 1.807) is 30.3 Å². The number of amides is 2. The molecule has 6 heteroatoms. The highest BCUT2D eigenvalue weighted by atomic mass is 32.1. The number of carbonyl (C=O) groups is 2. The molecular formula is C25H23N3O2S. The summed E-state index contributed by atoms with van der Waals surface area (Å²) < 4.78 is 0. The van der Waals surface area contributed by atoms with E-state index in [-0.39, 0.29) is 23.0 Å². The monoisotopic (exact) mass is 429 g/mol. The summed E-state index contributed by atoms with van der Waals surface area (Å²) in [5.41, 5.74) is 3.04. The number of rotatable bonds is 6. The van der Waals surface area contributed by atoms with Crippen molar-refractivity contribution in [3.63, 3.8) is 0 Å². The number of thiocarbonyl (C=S) groups is 1. The molecule has 0 aliphatic rings. The maximum absolute atomic E-state index is 12.6. The third-order valence-corrected chi connectivity index (χ3v) is 4.70. The zero-order valence-electron chi connectivity index (χ0n) is 17.0. The minimum atomic E-state index is -0.341. The predicted octanol–water partition coefficient (Wildman–Crippen LogP) is 4.70. The van der Waals surface area contributed by atoms with Gasteiger partial charge in [0, 0.05) is 17.3 Å². The van der Waals surface area contributed by atoms with Gasteiger partial charge >= 0.3 is 0 Å². The van der Waals surface area contributed by atoms with Gasteiger partial charge in [-0.3, -0.25) is 14.9 Å². The molecule has 1 atom stereocenters. The molecule has 2 amide bonds. The Labute approximate surface area is 187 Å². The first-order valence-electron chi connectivity index (χ1n) is 9.82. The molecule has 0 fully saturated rings. The van der Waals surface area contributed by atoms with Crippen LogP contribution in [0.1, 0.15) is 34.5 Å². The van der Waals surface area contributed by atoms with Crippen LogP contribution < -0.4 is 16.0 Å². The number of hydrogen-bond donors (Lipinski definition) is 3. The largest absolute Gasteiger partial charge is 0.346 e. The van der Waals surface area contributed by atoms with E-state index in [4.69, 9.17) is 12.2 Å². The molecule has 0 bridgehead atoms. The van der Waals surface area contributed by atoms with Crippen LogP contribution in [0.2, 0.25) is 0 Å². The van der Waals surface area contributed by atoms with Crippen molar-refractivity contribution in [2.45, 2.75) is 13.0 Å². The Morgan fingerprint density at radius 1 is 0.903 bits per heavy atom. The Bertz CT molecular complexity index is 1080. The summed E-state index contributed by atoms with van der Waals surface area (Å²) >= 11 is 5.21. The van der Waals surface area contributed by atoms with Gasteiger partial charge in [-0.2, -0.15) is 0 Å². The van der Waals surface area contributed by atoms with E-state index >= 15 is 0 Å². The highest BCUT2D eigenvalue weighted by molar-refractivity contribution is 7.80. The van der Waals surface area contributed by atoms with Crippen molar-refractivity contribution in [2.24, 2.45) is 0 Å². The molecule has 0 aliphatic carbocycles. The highest BCUT2D eigenvalue weighted by Gasteiger charge is 2.12. The van der Waals surface area contributed by atoms with E-state index in [1.165, 1.54) is 6.08 Å². The van der Waals surface area contributed by atoms with Crippen LogP contribution in [0.5, 0.6) is 0 Å². The number of benzene rings is 3. The average molecular weight is 430 g/mol. The van der Waals surface area contributed by atoms with Crippen LogP contribution in [-0.2, 0) is 4.79 Å². The van der Waals surface area contributed by atoms with Crippen LogP contribution in [0, 0.1) is 0 Å². The first-order chi connectivity index (χ1) is 15.0. The molecule has 5 nitrogen and oxygen atoms in total. The lowest BCUT2D eigenvalue weighted by Crippen LogP contribution is -2.33. The Morgan fingerprint density at radius 3 is 2.29 bits per heavy atom. The van der Waals surface area contributed by atoms with Crippen LogP contribution in [0.15, 0.2) is 91.0 Å². The zero-order chi connectivity index (χ0) is 22.1. The lowest BCUT2D eigenvalue weighted by Gasteiger charge is -2.15. The molecule has 0 heterocycles. The molecule has 1 unspecified atom stereocenters. The molecule has 0 saturated carbocycles. The summed E-state index contributed by atoms with van der Waals surface area (Å²) in [4.78, 5) is 24.7. The van der Waals surface area contributed by atoms with Gasteiger partial charge in [-0.15, -0.1) is 0 Å². The minimum absolute atomic E-state index is 0.123. The summed E-state index contributed by atoms with van der Waals surface area (Å²) in [7, 11) is 0. The maximum Gasteiger partial charge on any atom is 0.251 e. The van der Waals surface area contributed by atoms with Gasteiger partial charge in [0.1, 0.15) is 0 Å². The van der Waals surface area contributed by atoms with Gasteiger partial charge in [0.25, 0.3) is 5.91 Å². The van der Waals surface area contributed by atoms with Crippen molar-refractivity contribution < 1.29 is 9.59 Å². The van der Waals surface area contributed by atoms with E-state index < -0.39 is 0 Å². The molecule has 0 aromatic heterocycles. The van der Waals surface area contributed by atoms with E-state index in [1.807, 2.05) is 67.6 Å². The Balaban J connectivity index is 1.55. The molecule has 0 radical (unpaired) electrons. The second kappa shape index (κ2) is 10.8. The molecule has 0 aliphatic heterocycles. The van der Waals surface area contributed by atoms with Gasteiger partial charge < -0.3 is 10.6 Å². The van der Waals surface area contributed by atoms with Gasteiger partial charge in [0.05, 0.1) is 6.04 Å². The fourth-order valence-corrected chi connectivity index (χ4v) is 3.11.